The maximum absolute atomic E-state index is 11.8. The third-order valence-corrected chi connectivity index (χ3v) is 4.35. The van der Waals surface area contributed by atoms with Crippen LogP contribution in [0.3, 0.4) is 0 Å². The van der Waals surface area contributed by atoms with Crippen LogP contribution in [0.15, 0.2) is 54.8 Å². The molecule has 1 saturated heterocycles. The molecule has 3 rings (SSSR count). The number of hydrogen-bond acceptors (Lipinski definition) is 6. The van der Waals surface area contributed by atoms with Crippen molar-refractivity contribution in [3.05, 3.63) is 81.6 Å². The van der Waals surface area contributed by atoms with Crippen LogP contribution in [-0.2, 0) is 17.8 Å². The lowest BCUT2D eigenvalue weighted by molar-refractivity contribution is -0.384. The Morgan fingerprint density at radius 3 is 2.61 bits per heavy atom. The van der Waals surface area contributed by atoms with E-state index in [0.29, 0.717) is 35.7 Å². The second-order valence-electron chi connectivity index (χ2n) is 6.62. The monoisotopic (exact) mass is 423 g/mol. The summed E-state index contributed by atoms with van der Waals surface area (Å²) in [4.78, 5) is 33.7. The van der Waals surface area contributed by atoms with E-state index in [0.717, 1.165) is 5.56 Å². The van der Waals surface area contributed by atoms with Crippen molar-refractivity contribution in [1.29, 1.82) is 0 Å². The summed E-state index contributed by atoms with van der Waals surface area (Å²) in [5.41, 5.74) is 2.13. The third-order valence-electron chi connectivity index (χ3n) is 4.35. The van der Waals surface area contributed by atoms with Crippen LogP contribution in [0.1, 0.15) is 23.6 Å². The molecule has 1 aliphatic rings. The van der Waals surface area contributed by atoms with Gasteiger partial charge in [0.15, 0.2) is 11.5 Å². The number of nitrogens with one attached hydrogen (secondary N) is 2. The molecule has 9 heteroatoms. The molecule has 0 spiro atoms. The number of nitro benzene ring substituents is 1. The number of rotatable bonds is 9. The Kier molecular flexibility index (Phi) is 6.66. The molecule has 9 nitrogen and oxygen atoms in total. The Labute approximate surface area is 178 Å². The van der Waals surface area contributed by atoms with Crippen LogP contribution in [0.25, 0.3) is 6.08 Å². The molecule has 2 aromatic carbocycles. The fourth-order valence-corrected chi connectivity index (χ4v) is 3.06. The molecule has 1 fully saturated rings. The standard InChI is InChI=1S/C22H21N3O6/c1-3-6-16-9-15(11-18-21(26)24-22(27)23-18)12-19(30-4-2)20(16)31-13-14-7-5-8-17(10-14)25(28)29/h3,5,7-12H,1,4,6,13H2,2H3,(H2,23,24,26,27)/b18-11+. The highest BCUT2D eigenvalue weighted by atomic mass is 16.6. The van der Waals surface area contributed by atoms with Crippen molar-refractivity contribution < 1.29 is 24.0 Å². The van der Waals surface area contributed by atoms with E-state index in [1.54, 1.807) is 36.4 Å². The minimum Gasteiger partial charge on any atom is -0.490 e. The van der Waals surface area contributed by atoms with Crippen LogP contribution in [0.4, 0.5) is 10.5 Å². The topological polar surface area (TPSA) is 120 Å². The van der Waals surface area contributed by atoms with Crippen LogP contribution in [-0.4, -0.2) is 23.5 Å². The van der Waals surface area contributed by atoms with E-state index in [2.05, 4.69) is 17.2 Å². The van der Waals surface area contributed by atoms with Gasteiger partial charge in [-0.1, -0.05) is 18.2 Å². The Morgan fingerprint density at radius 2 is 1.97 bits per heavy atom. The molecule has 0 bridgehead atoms. The number of ether oxygens (including phenoxy) is 2. The number of nitro groups is 1. The van der Waals surface area contributed by atoms with Gasteiger partial charge in [0.1, 0.15) is 12.3 Å². The smallest absolute Gasteiger partial charge is 0.326 e. The molecular formula is C22H21N3O6. The number of carbonyl (C=O) groups is 2. The zero-order valence-corrected chi connectivity index (χ0v) is 16.8. The lowest BCUT2D eigenvalue weighted by Gasteiger charge is -2.17. The van der Waals surface area contributed by atoms with Gasteiger partial charge < -0.3 is 14.8 Å². The Morgan fingerprint density at radius 1 is 1.16 bits per heavy atom. The van der Waals surface area contributed by atoms with E-state index in [-0.39, 0.29) is 18.0 Å². The predicted octanol–water partition coefficient (Wildman–Crippen LogP) is 3.48. The van der Waals surface area contributed by atoms with Gasteiger partial charge in [-0.2, -0.15) is 0 Å². The highest BCUT2D eigenvalue weighted by molar-refractivity contribution is 6.14. The number of benzene rings is 2. The second-order valence-corrected chi connectivity index (χ2v) is 6.62. The number of amides is 3. The second kappa shape index (κ2) is 9.57. The SMILES string of the molecule is C=CCc1cc(/C=C2/NC(=O)NC2=O)cc(OCC)c1OCc1cccc([N+](=O)[O-])c1. The molecule has 0 unspecified atom stereocenters. The first-order chi connectivity index (χ1) is 14.9. The Balaban J connectivity index is 1.94. The predicted molar refractivity (Wildman–Crippen MR) is 114 cm³/mol. The van der Waals surface area contributed by atoms with E-state index < -0.39 is 16.9 Å². The maximum atomic E-state index is 11.8. The van der Waals surface area contributed by atoms with Crippen molar-refractivity contribution in [3.63, 3.8) is 0 Å². The van der Waals surface area contributed by atoms with Gasteiger partial charge in [-0.05, 0) is 42.7 Å². The van der Waals surface area contributed by atoms with Crippen molar-refractivity contribution in [2.24, 2.45) is 0 Å². The van der Waals surface area contributed by atoms with Crippen molar-refractivity contribution in [3.8, 4) is 11.5 Å². The first-order valence-corrected chi connectivity index (χ1v) is 9.52. The van der Waals surface area contributed by atoms with Gasteiger partial charge in [0, 0.05) is 17.7 Å². The first-order valence-electron chi connectivity index (χ1n) is 9.52. The van der Waals surface area contributed by atoms with Crippen molar-refractivity contribution in [1.82, 2.24) is 10.6 Å². The minimum absolute atomic E-state index is 0.0173. The van der Waals surface area contributed by atoms with E-state index in [9.17, 15) is 19.7 Å². The van der Waals surface area contributed by atoms with Crippen molar-refractivity contribution in [2.75, 3.05) is 6.61 Å². The summed E-state index contributed by atoms with van der Waals surface area (Å²) in [6.07, 6.45) is 3.70. The van der Waals surface area contributed by atoms with Crippen LogP contribution in [0.2, 0.25) is 0 Å². The van der Waals surface area contributed by atoms with Crippen molar-refractivity contribution >= 4 is 23.7 Å². The molecule has 1 aliphatic heterocycles. The number of carbonyl (C=O) groups excluding carboxylic acids is 2. The highest BCUT2D eigenvalue weighted by Gasteiger charge is 2.23. The fourth-order valence-electron chi connectivity index (χ4n) is 3.06. The molecular weight excluding hydrogens is 402 g/mol. The number of nitrogens with zero attached hydrogens (tertiary/aromatic N) is 1. The summed E-state index contributed by atoms with van der Waals surface area (Å²) in [5.74, 6) is 0.415. The van der Waals surface area contributed by atoms with Gasteiger partial charge in [-0.3, -0.25) is 20.2 Å². The summed E-state index contributed by atoms with van der Waals surface area (Å²) in [7, 11) is 0. The summed E-state index contributed by atoms with van der Waals surface area (Å²) in [5, 5.41) is 15.6. The summed E-state index contributed by atoms with van der Waals surface area (Å²) in [6, 6.07) is 9.12. The third kappa shape index (κ3) is 5.27. The largest absolute Gasteiger partial charge is 0.490 e. The summed E-state index contributed by atoms with van der Waals surface area (Å²) in [6.45, 7) is 6.07. The minimum atomic E-state index is -0.579. The van der Waals surface area contributed by atoms with Crippen LogP contribution in [0.5, 0.6) is 11.5 Å². The van der Waals surface area contributed by atoms with Crippen LogP contribution < -0.4 is 20.1 Å². The molecule has 0 aromatic heterocycles. The molecule has 0 aliphatic carbocycles. The van der Waals surface area contributed by atoms with Crippen LogP contribution >= 0.6 is 0 Å². The lowest BCUT2D eigenvalue weighted by atomic mass is 10.0. The van der Waals surface area contributed by atoms with Gasteiger partial charge >= 0.3 is 6.03 Å². The van der Waals surface area contributed by atoms with E-state index in [1.807, 2.05) is 6.92 Å². The van der Waals surface area contributed by atoms with Gasteiger partial charge in [0.25, 0.3) is 11.6 Å². The van der Waals surface area contributed by atoms with Gasteiger partial charge in [0.05, 0.1) is 11.5 Å². The average molecular weight is 423 g/mol. The molecule has 1 heterocycles. The average Bonchev–Trinajstić information content (AvgIpc) is 3.04. The first kappa shape index (κ1) is 21.6. The zero-order valence-electron chi connectivity index (χ0n) is 16.8. The zero-order chi connectivity index (χ0) is 22.4. The number of non-ortho nitro benzene ring substituents is 1. The Bertz CT molecular complexity index is 1080. The molecule has 0 atom stereocenters. The molecule has 2 aromatic rings. The molecule has 31 heavy (non-hydrogen) atoms. The van der Waals surface area contributed by atoms with E-state index >= 15 is 0 Å². The number of hydrogen-bond donors (Lipinski definition) is 2. The quantitative estimate of drug-likeness (QED) is 0.209. The van der Waals surface area contributed by atoms with Crippen LogP contribution in [0, 0.1) is 10.1 Å². The Hall–Kier alpha value is -4.14. The van der Waals surface area contributed by atoms with Gasteiger partial charge in [-0.15, -0.1) is 6.58 Å². The van der Waals surface area contributed by atoms with E-state index in [1.165, 1.54) is 12.1 Å². The summed E-state index contributed by atoms with van der Waals surface area (Å²) < 4.78 is 11.7. The highest BCUT2D eigenvalue weighted by Crippen LogP contribution is 2.35. The molecule has 160 valence electrons. The lowest BCUT2D eigenvalue weighted by Crippen LogP contribution is -2.22. The van der Waals surface area contributed by atoms with Crippen molar-refractivity contribution in [2.45, 2.75) is 20.0 Å². The molecule has 3 amide bonds. The van der Waals surface area contributed by atoms with Gasteiger partial charge in [-0.25, -0.2) is 4.79 Å². The number of allylic oxidation sites excluding steroid dienone is 1. The molecule has 2 N–H and O–H groups in total. The van der Waals surface area contributed by atoms with E-state index in [4.69, 9.17) is 9.47 Å². The number of urea groups is 1. The number of imide groups is 1. The fraction of sp³-hybridized carbons (Fsp3) is 0.182. The normalized spacial score (nSPS) is 14.2. The molecule has 0 saturated carbocycles. The molecule has 0 radical (unpaired) electrons. The van der Waals surface area contributed by atoms with Gasteiger partial charge in [0.2, 0.25) is 0 Å². The maximum Gasteiger partial charge on any atom is 0.326 e. The summed E-state index contributed by atoms with van der Waals surface area (Å²) >= 11 is 0.